The van der Waals surface area contributed by atoms with E-state index < -0.39 is 15.9 Å². The van der Waals surface area contributed by atoms with Crippen molar-refractivity contribution in [1.82, 2.24) is 0 Å². The lowest BCUT2D eigenvalue weighted by Crippen LogP contribution is -3.19. The number of hydrogen-bond donors (Lipinski definition) is 2. The third-order valence-corrected chi connectivity index (χ3v) is 4.70. The van der Waals surface area contributed by atoms with Crippen molar-refractivity contribution in [3.63, 3.8) is 0 Å². The smallest absolute Gasteiger partial charge is 0.159 e. The molecule has 0 aliphatic carbocycles. The third-order valence-electron chi connectivity index (χ3n) is 2.98. The number of aliphatic hydroxyl groups is 1. The van der Waals surface area contributed by atoms with Gasteiger partial charge in [-0.25, -0.2) is 8.42 Å². The minimum absolute atomic E-state index is 0.0674. The van der Waals surface area contributed by atoms with Crippen molar-refractivity contribution >= 4 is 9.84 Å². The largest absolute Gasteiger partial charge is 0.386 e. The summed E-state index contributed by atoms with van der Waals surface area (Å²) in [5, 5.41) is 9.64. The Hall–Kier alpha value is -0.170. The Labute approximate surface area is 83.6 Å². The summed E-state index contributed by atoms with van der Waals surface area (Å²) in [5.41, 5.74) is 0. The average molecular weight is 222 g/mol. The fraction of sp³-hybridized carbons (Fsp3) is 1.00. The summed E-state index contributed by atoms with van der Waals surface area (Å²) >= 11 is 0. The number of sulfone groups is 1. The molecule has 2 rings (SSSR count). The molecule has 2 fully saturated rings. The van der Waals surface area contributed by atoms with E-state index >= 15 is 0 Å². The first-order valence-electron chi connectivity index (χ1n) is 4.89. The van der Waals surface area contributed by atoms with Gasteiger partial charge in [-0.1, -0.05) is 0 Å². The lowest BCUT2D eigenvalue weighted by atomic mass is 10.2. The molecular formula is C8H16NO4S+. The van der Waals surface area contributed by atoms with Crippen LogP contribution >= 0.6 is 0 Å². The highest BCUT2D eigenvalue weighted by molar-refractivity contribution is 7.91. The van der Waals surface area contributed by atoms with Crippen molar-refractivity contribution in [3.05, 3.63) is 0 Å². The summed E-state index contributed by atoms with van der Waals surface area (Å²) in [6, 6.07) is -0.135. The zero-order valence-electron chi connectivity index (χ0n) is 7.98. The minimum atomic E-state index is -3.01. The zero-order chi connectivity index (χ0) is 10.2. The summed E-state index contributed by atoms with van der Waals surface area (Å²) in [5.74, 6) is 0.0610. The number of nitrogens with one attached hydrogen (secondary N) is 1. The van der Waals surface area contributed by atoms with Crippen LogP contribution in [0.2, 0.25) is 0 Å². The van der Waals surface area contributed by atoms with Crippen molar-refractivity contribution in [2.45, 2.75) is 12.1 Å². The second-order valence-corrected chi connectivity index (χ2v) is 6.18. The summed E-state index contributed by atoms with van der Waals surface area (Å²) in [4.78, 5) is 1.17. The van der Waals surface area contributed by atoms with E-state index in [2.05, 4.69) is 0 Å². The maximum absolute atomic E-state index is 11.3. The van der Waals surface area contributed by atoms with E-state index in [0.717, 1.165) is 13.1 Å². The van der Waals surface area contributed by atoms with Crippen molar-refractivity contribution in [2.75, 3.05) is 37.8 Å². The molecule has 2 aliphatic heterocycles. The van der Waals surface area contributed by atoms with Gasteiger partial charge in [0.1, 0.15) is 31.0 Å². The number of hydrogen-bond acceptors (Lipinski definition) is 4. The fourth-order valence-corrected chi connectivity index (χ4v) is 4.12. The van der Waals surface area contributed by atoms with Gasteiger partial charge in [0.2, 0.25) is 0 Å². The molecule has 0 bridgehead atoms. The molecule has 2 N–H and O–H groups in total. The number of ether oxygens (including phenoxy) is 1. The molecule has 0 unspecified atom stereocenters. The summed E-state index contributed by atoms with van der Waals surface area (Å²) in [7, 11) is -3.01. The highest BCUT2D eigenvalue weighted by atomic mass is 32.2. The molecule has 2 aliphatic rings. The van der Waals surface area contributed by atoms with Crippen molar-refractivity contribution in [1.29, 1.82) is 0 Å². The first-order chi connectivity index (χ1) is 6.58. The van der Waals surface area contributed by atoms with E-state index in [0.29, 0.717) is 13.2 Å². The Kier molecular flexibility index (Phi) is 2.79. The second-order valence-electron chi connectivity index (χ2n) is 4.02. The molecule has 0 aromatic rings. The number of aliphatic hydroxyl groups excluding tert-OH is 1. The molecule has 0 amide bonds. The van der Waals surface area contributed by atoms with Gasteiger partial charge in [0.15, 0.2) is 9.84 Å². The SMILES string of the molecule is O=S1(=O)C[C@@H]([NH+]2CCOCC2)[C@@H](O)C1. The van der Waals surface area contributed by atoms with Crippen LogP contribution in [-0.4, -0.2) is 63.5 Å². The molecule has 0 aromatic carbocycles. The molecule has 0 radical (unpaired) electrons. The maximum atomic E-state index is 11.3. The van der Waals surface area contributed by atoms with E-state index in [9.17, 15) is 13.5 Å². The average Bonchev–Trinajstić information content (AvgIpc) is 2.41. The second kappa shape index (κ2) is 3.77. The van der Waals surface area contributed by atoms with Crippen LogP contribution in [0.1, 0.15) is 0 Å². The topological polar surface area (TPSA) is 68.0 Å². The number of rotatable bonds is 1. The lowest BCUT2D eigenvalue weighted by molar-refractivity contribution is -0.932. The highest BCUT2D eigenvalue weighted by Gasteiger charge is 2.43. The summed E-state index contributed by atoms with van der Waals surface area (Å²) in [6.45, 7) is 2.94. The van der Waals surface area contributed by atoms with Gasteiger partial charge in [0.05, 0.1) is 19.0 Å². The van der Waals surface area contributed by atoms with Gasteiger partial charge in [-0.3, -0.25) is 0 Å². The van der Waals surface area contributed by atoms with Crippen molar-refractivity contribution in [3.8, 4) is 0 Å². The highest BCUT2D eigenvalue weighted by Crippen LogP contribution is 2.10. The first kappa shape index (κ1) is 10.4. The monoisotopic (exact) mass is 222 g/mol. The van der Waals surface area contributed by atoms with Crippen LogP contribution in [0.4, 0.5) is 0 Å². The van der Waals surface area contributed by atoms with E-state index in [-0.39, 0.29) is 17.5 Å². The van der Waals surface area contributed by atoms with Gasteiger partial charge in [-0.15, -0.1) is 0 Å². The molecule has 2 heterocycles. The Morgan fingerprint density at radius 1 is 1.21 bits per heavy atom. The van der Waals surface area contributed by atoms with Crippen LogP contribution < -0.4 is 4.90 Å². The van der Waals surface area contributed by atoms with Gasteiger partial charge >= 0.3 is 0 Å². The molecule has 0 spiro atoms. The lowest BCUT2D eigenvalue weighted by Gasteiger charge is -2.29. The van der Waals surface area contributed by atoms with E-state index in [1.54, 1.807) is 0 Å². The molecule has 0 aromatic heterocycles. The quantitative estimate of drug-likeness (QED) is 0.498. The Morgan fingerprint density at radius 3 is 2.36 bits per heavy atom. The van der Waals surface area contributed by atoms with E-state index in [1.165, 1.54) is 4.90 Å². The van der Waals surface area contributed by atoms with E-state index in [1.807, 2.05) is 0 Å². The maximum Gasteiger partial charge on any atom is 0.159 e. The van der Waals surface area contributed by atoms with Gasteiger partial charge in [0.25, 0.3) is 0 Å². The van der Waals surface area contributed by atoms with Crippen LogP contribution in [0.5, 0.6) is 0 Å². The molecule has 2 saturated heterocycles. The van der Waals surface area contributed by atoms with Crippen LogP contribution in [0.15, 0.2) is 0 Å². The van der Waals surface area contributed by atoms with Gasteiger partial charge < -0.3 is 14.7 Å². The fourth-order valence-electron chi connectivity index (χ4n) is 2.22. The van der Waals surface area contributed by atoms with Gasteiger partial charge in [0, 0.05) is 0 Å². The van der Waals surface area contributed by atoms with Crippen molar-refractivity contribution in [2.24, 2.45) is 0 Å². The molecule has 82 valence electrons. The normalized spacial score (nSPS) is 38.6. The van der Waals surface area contributed by atoms with Crippen molar-refractivity contribution < 1.29 is 23.2 Å². The van der Waals surface area contributed by atoms with Crippen LogP contribution in [0.25, 0.3) is 0 Å². The van der Waals surface area contributed by atoms with E-state index in [4.69, 9.17) is 4.74 Å². The molecular weight excluding hydrogens is 206 g/mol. The Morgan fingerprint density at radius 2 is 1.86 bits per heavy atom. The Bertz CT molecular complexity index is 296. The predicted octanol–water partition coefficient (Wildman–Crippen LogP) is -2.94. The molecule has 6 heteroatoms. The number of quaternary nitrogens is 1. The molecule has 5 nitrogen and oxygen atoms in total. The molecule has 0 saturated carbocycles. The molecule has 2 atom stereocenters. The van der Waals surface area contributed by atoms with Crippen LogP contribution in [0.3, 0.4) is 0 Å². The van der Waals surface area contributed by atoms with Crippen LogP contribution in [-0.2, 0) is 14.6 Å². The summed E-state index contributed by atoms with van der Waals surface area (Å²) < 4.78 is 27.8. The van der Waals surface area contributed by atoms with Crippen LogP contribution in [0, 0.1) is 0 Å². The number of morpholine rings is 1. The first-order valence-corrected chi connectivity index (χ1v) is 6.71. The predicted molar refractivity (Wildman–Crippen MR) is 50.0 cm³/mol. The van der Waals surface area contributed by atoms with Gasteiger partial charge in [-0.05, 0) is 0 Å². The third kappa shape index (κ3) is 2.08. The standard InChI is InChI=1S/C8H15NO4S/c10-8-6-14(11,12)5-7(8)9-1-3-13-4-2-9/h7-8,10H,1-6H2/p+1/t7-,8+/m1/s1. The Balaban J connectivity index is 2.04. The zero-order valence-corrected chi connectivity index (χ0v) is 8.79. The van der Waals surface area contributed by atoms with Gasteiger partial charge in [-0.2, -0.15) is 0 Å². The minimum Gasteiger partial charge on any atom is -0.386 e. The molecule has 14 heavy (non-hydrogen) atoms. The summed E-state index contributed by atoms with van der Waals surface area (Å²) in [6.07, 6.45) is -0.687.